The van der Waals surface area contributed by atoms with Crippen molar-refractivity contribution in [3.05, 3.63) is 82.9 Å². The number of nitrogens with zero attached hydrogens (tertiary/aromatic N) is 2. The van der Waals surface area contributed by atoms with Crippen LogP contribution in [0.15, 0.2) is 54.6 Å². The van der Waals surface area contributed by atoms with Crippen LogP contribution >= 0.6 is 0 Å². The van der Waals surface area contributed by atoms with Gasteiger partial charge in [-0.15, -0.1) is 5.10 Å². The second-order valence-corrected chi connectivity index (χ2v) is 6.05. The van der Waals surface area contributed by atoms with E-state index in [9.17, 15) is 4.39 Å². The lowest BCUT2D eigenvalue weighted by atomic mass is 9.96. The van der Waals surface area contributed by atoms with Gasteiger partial charge in [-0.3, -0.25) is 0 Å². The van der Waals surface area contributed by atoms with Crippen molar-refractivity contribution in [2.45, 2.75) is 13.5 Å². The van der Waals surface area contributed by atoms with Crippen molar-refractivity contribution in [1.82, 2.24) is 15.5 Å². The van der Waals surface area contributed by atoms with Gasteiger partial charge < -0.3 is 10.4 Å². The second-order valence-electron chi connectivity index (χ2n) is 6.05. The van der Waals surface area contributed by atoms with Gasteiger partial charge in [-0.1, -0.05) is 36.3 Å². The monoisotopic (exact) mass is 361 g/mol. The van der Waals surface area contributed by atoms with Crippen LogP contribution in [0.2, 0.25) is 0 Å². The average Bonchev–Trinajstić information content (AvgIpc) is 2.70. The standard InChI is InChI=1S/C22H20FN3O/c1-16-18(13-19(23)14-22(16)17-5-3-2-4-6-17)7-8-20-9-10-21(26-25-20)15-24-11-12-27/h2-6,9-10,13-14,24,27H,11-12,15H2,1H3. The van der Waals surface area contributed by atoms with Crippen molar-refractivity contribution in [2.24, 2.45) is 0 Å². The van der Waals surface area contributed by atoms with Gasteiger partial charge in [-0.05, 0) is 53.8 Å². The molecule has 0 aliphatic heterocycles. The first-order valence-electron chi connectivity index (χ1n) is 8.69. The van der Waals surface area contributed by atoms with Crippen LogP contribution in [0.25, 0.3) is 11.1 Å². The Morgan fingerprint density at radius 2 is 1.85 bits per heavy atom. The molecule has 4 nitrogen and oxygen atoms in total. The summed E-state index contributed by atoms with van der Waals surface area (Å²) < 4.78 is 14.1. The molecule has 136 valence electrons. The van der Waals surface area contributed by atoms with E-state index in [1.54, 1.807) is 6.07 Å². The maximum absolute atomic E-state index is 14.1. The lowest BCUT2D eigenvalue weighted by Crippen LogP contribution is -2.18. The smallest absolute Gasteiger partial charge is 0.136 e. The molecule has 0 radical (unpaired) electrons. The summed E-state index contributed by atoms with van der Waals surface area (Å²) in [6.07, 6.45) is 0. The third kappa shape index (κ3) is 4.98. The van der Waals surface area contributed by atoms with E-state index in [2.05, 4.69) is 27.4 Å². The normalized spacial score (nSPS) is 10.3. The first-order valence-corrected chi connectivity index (χ1v) is 8.69. The highest BCUT2D eigenvalue weighted by molar-refractivity contribution is 5.70. The van der Waals surface area contributed by atoms with Crippen molar-refractivity contribution in [1.29, 1.82) is 0 Å². The van der Waals surface area contributed by atoms with Crippen molar-refractivity contribution < 1.29 is 9.50 Å². The minimum Gasteiger partial charge on any atom is -0.395 e. The predicted molar refractivity (Wildman–Crippen MR) is 103 cm³/mol. The van der Waals surface area contributed by atoms with Crippen molar-refractivity contribution >= 4 is 0 Å². The first-order chi connectivity index (χ1) is 13.2. The summed E-state index contributed by atoms with van der Waals surface area (Å²) in [6, 6.07) is 16.3. The highest BCUT2D eigenvalue weighted by Crippen LogP contribution is 2.26. The summed E-state index contributed by atoms with van der Waals surface area (Å²) >= 11 is 0. The molecule has 0 saturated heterocycles. The van der Waals surface area contributed by atoms with Crippen LogP contribution in [-0.4, -0.2) is 28.5 Å². The Balaban J connectivity index is 1.83. The van der Waals surface area contributed by atoms with Gasteiger partial charge >= 0.3 is 0 Å². The molecular formula is C22H20FN3O. The molecule has 5 heteroatoms. The van der Waals surface area contributed by atoms with E-state index < -0.39 is 0 Å². The average molecular weight is 361 g/mol. The fraction of sp³-hybridized carbons (Fsp3) is 0.182. The second kappa shape index (κ2) is 9.04. The Labute approximate surface area is 158 Å². The molecule has 2 N–H and O–H groups in total. The number of halogens is 1. The highest BCUT2D eigenvalue weighted by Gasteiger charge is 2.08. The van der Waals surface area contributed by atoms with E-state index in [-0.39, 0.29) is 12.4 Å². The predicted octanol–water partition coefficient (Wildman–Crippen LogP) is 3.07. The largest absolute Gasteiger partial charge is 0.395 e. The van der Waals surface area contributed by atoms with Crippen LogP contribution in [0.1, 0.15) is 22.5 Å². The maximum Gasteiger partial charge on any atom is 0.136 e. The quantitative estimate of drug-likeness (QED) is 0.542. The van der Waals surface area contributed by atoms with Gasteiger partial charge in [0.25, 0.3) is 0 Å². The Morgan fingerprint density at radius 1 is 1.04 bits per heavy atom. The van der Waals surface area contributed by atoms with E-state index in [0.29, 0.717) is 24.3 Å². The summed E-state index contributed by atoms with van der Waals surface area (Å²) in [4.78, 5) is 0. The molecule has 0 amide bonds. The maximum atomic E-state index is 14.1. The topological polar surface area (TPSA) is 58.0 Å². The summed E-state index contributed by atoms with van der Waals surface area (Å²) in [5.74, 6) is 5.64. The van der Waals surface area contributed by atoms with Crippen LogP contribution in [0.3, 0.4) is 0 Å². The summed E-state index contributed by atoms with van der Waals surface area (Å²) in [5, 5.41) is 20.0. The molecule has 1 aromatic heterocycles. The van der Waals surface area contributed by atoms with E-state index in [4.69, 9.17) is 5.11 Å². The van der Waals surface area contributed by atoms with Crippen LogP contribution in [0.4, 0.5) is 4.39 Å². The molecule has 0 aliphatic rings. The zero-order valence-electron chi connectivity index (χ0n) is 15.0. The van der Waals surface area contributed by atoms with Crippen LogP contribution in [-0.2, 0) is 6.54 Å². The Bertz CT molecular complexity index is 961. The molecule has 1 heterocycles. The van der Waals surface area contributed by atoms with Gasteiger partial charge in [0.15, 0.2) is 0 Å². The zero-order chi connectivity index (χ0) is 19.1. The number of nitrogens with one attached hydrogen (secondary N) is 1. The van der Waals surface area contributed by atoms with E-state index in [1.165, 1.54) is 12.1 Å². The summed E-state index contributed by atoms with van der Waals surface area (Å²) in [6.45, 7) is 3.05. The third-order valence-corrected chi connectivity index (χ3v) is 4.10. The number of aliphatic hydroxyl groups is 1. The number of aliphatic hydroxyl groups excluding tert-OH is 1. The number of hydrogen-bond donors (Lipinski definition) is 2. The molecule has 0 saturated carbocycles. The van der Waals surface area contributed by atoms with E-state index in [0.717, 1.165) is 22.4 Å². The van der Waals surface area contributed by atoms with E-state index >= 15 is 0 Å². The van der Waals surface area contributed by atoms with Crippen molar-refractivity contribution in [2.75, 3.05) is 13.2 Å². The van der Waals surface area contributed by atoms with Crippen LogP contribution < -0.4 is 5.32 Å². The number of rotatable bonds is 5. The van der Waals surface area contributed by atoms with Gasteiger partial charge in [0, 0.05) is 18.7 Å². The molecule has 0 spiro atoms. The van der Waals surface area contributed by atoms with Crippen molar-refractivity contribution in [3.8, 4) is 23.0 Å². The van der Waals surface area contributed by atoms with E-state index in [1.807, 2.05) is 43.3 Å². The molecule has 3 rings (SSSR count). The molecular weight excluding hydrogens is 341 g/mol. The lowest BCUT2D eigenvalue weighted by Gasteiger charge is -2.08. The van der Waals surface area contributed by atoms with Gasteiger partial charge in [0.1, 0.15) is 11.5 Å². The third-order valence-electron chi connectivity index (χ3n) is 4.10. The fourth-order valence-corrected chi connectivity index (χ4v) is 2.67. The van der Waals surface area contributed by atoms with Crippen LogP contribution in [0.5, 0.6) is 0 Å². The van der Waals surface area contributed by atoms with Crippen LogP contribution in [0, 0.1) is 24.6 Å². The number of benzene rings is 2. The fourth-order valence-electron chi connectivity index (χ4n) is 2.67. The molecule has 27 heavy (non-hydrogen) atoms. The van der Waals surface area contributed by atoms with Crippen molar-refractivity contribution in [3.63, 3.8) is 0 Å². The number of aromatic nitrogens is 2. The Morgan fingerprint density at radius 3 is 2.56 bits per heavy atom. The minimum atomic E-state index is -0.319. The number of hydrogen-bond acceptors (Lipinski definition) is 4. The first kappa shape index (κ1) is 18.7. The molecule has 0 aliphatic carbocycles. The van der Waals surface area contributed by atoms with Gasteiger partial charge in [-0.25, -0.2) is 4.39 Å². The molecule has 0 bridgehead atoms. The highest BCUT2D eigenvalue weighted by atomic mass is 19.1. The van der Waals surface area contributed by atoms with Gasteiger partial charge in [0.2, 0.25) is 0 Å². The molecule has 0 unspecified atom stereocenters. The zero-order valence-corrected chi connectivity index (χ0v) is 15.0. The van der Waals surface area contributed by atoms with Gasteiger partial charge in [-0.2, -0.15) is 5.10 Å². The molecule has 0 fully saturated rings. The lowest BCUT2D eigenvalue weighted by molar-refractivity contribution is 0.291. The Kier molecular flexibility index (Phi) is 6.26. The Hall–Kier alpha value is -3.07. The summed E-state index contributed by atoms with van der Waals surface area (Å²) in [7, 11) is 0. The van der Waals surface area contributed by atoms with Gasteiger partial charge in [0.05, 0.1) is 12.3 Å². The minimum absolute atomic E-state index is 0.0783. The molecule has 2 aromatic carbocycles. The molecule has 0 atom stereocenters. The summed E-state index contributed by atoms with van der Waals surface area (Å²) in [5.41, 5.74) is 4.62. The SMILES string of the molecule is Cc1c(C#Cc2ccc(CNCCO)nn2)cc(F)cc1-c1ccccc1. The molecule has 3 aromatic rings.